The van der Waals surface area contributed by atoms with Crippen LogP contribution >= 0.6 is 45.8 Å². The molecular formula is C14H12Cl2IN. The highest BCUT2D eigenvalue weighted by Gasteiger charge is 2.11. The Bertz CT molecular complexity index is 533. The van der Waals surface area contributed by atoms with Gasteiger partial charge in [0.2, 0.25) is 0 Å². The van der Waals surface area contributed by atoms with E-state index in [1.165, 1.54) is 0 Å². The van der Waals surface area contributed by atoms with Crippen molar-refractivity contribution in [1.82, 2.24) is 0 Å². The summed E-state index contributed by atoms with van der Waals surface area (Å²) in [4.78, 5) is 0. The summed E-state index contributed by atoms with van der Waals surface area (Å²) in [6.07, 6.45) is 0. The third-order valence-corrected chi connectivity index (χ3v) is 4.84. The van der Waals surface area contributed by atoms with Crippen LogP contribution in [0.25, 0.3) is 0 Å². The average Bonchev–Trinajstić information content (AvgIpc) is 2.35. The second-order valence-corrected chi connectivity index (χ2v) is 6.14. The molecule has 18 heavy (non-hydrogen) atoms. The van der Waals surface area contributed by atoms with Crippen LogP contribution in [0.15, 0.2) is 36.4 Å². The summed E-state index contributed by atoms with van der Waals surface area (Å²) in [7, 11) is 0. The Kier molecular flexibility index (Phi) is 4.54. The minimum absolute atomic E-state index is 0.211. The Labute approximate surface area is 130 Å². The fourth-order valence-electron chi connectivity index (χ4n) is 1.70. The third kappa shape index (κ3) is 2.99. The van der Waals surface area contributed by atoms with Crippen molar-refractivity contribution in [3.8, 4) is 0 Å². The molecule has 0 aromatic heterocycles. The van der Waals surface area contributed by atoms with Gasteiger partial charge < -0.3 is 5.73 Å². The quantitative estimate of drug-likeness (QED) is 0.719. The molecule has 1 nitrogen and oxygen atoms in total. The fraction of sp³-hybridized carbons (Fsp3) is 0.143. The van der Waals surface area contributed by atoms with Gasteiger partial charge in [0.1, 0.15) is 0 Å². The molecule has 0 heterocycles. The Morgan fingerprint density at radius 3 is 2.11 bits per heavy atom. The molecule has 2 rings (SSSR count). The largest absolute Gasteiger partial charge is 0.320 e. The maximum absolute atomic E-state index is 6.23. The molecule has 4 heteroatoms. The van der Waals surface area contributed by atoms with E-state index in [9.17, 15) is 0 Å². The first-order valence-corrected chi connectivity index (χ1v) is 7.29. The molecule has 1 unspecified atom stereocenters. The van der Waals surface area contributed by atoms with Gasteiger partial charge in [0, 0.05) is 8.59 Å². The molecular weight excluding hydrogens is 380 g/mol. The zero-order valence-corrected chi connectivity index (χ0v) is 13.4. The molecule has 0 aliphatic heterocycles. The Morgan fingerprint density at radius 2 is 1.56 bits per heavy atom. The van der Waals surface area contributed by atoms with Crippen LogP contribution in [0.1, 0.15) is 22.7 Å². The topological polar surface area (TPSA) is 26.0 Å². The molecule has 0 aliphatic rings. The first-order valence-electron chi connectivity index (χ1n) is 5.45. The van der Waals surface area contributed by atoms with Gasteiger partial charge in [0.05, 0.1) is 11.1 Å². The maximum atomic E-state index is 6.23. The molecule has 0 radical (unpaired) electrons. The number of hydrogen-bond acceptors (Lipinski definition) is 1. The van der Waals surface area contributed by atoms with Gasteiger partial charge in [-0.15, -0.1) is 0 Å². The third-order valence-electron chi connectivity index (χ3n) is 2.86. The number of aryl methyl sites for hydroxylation is 1. The number of nitrogens with two attached hydrogens (primary N) is 1. The van der Waals surface area contributed by atoms with Crippen molar-refractivity contribution in [3.05, 3.63) is 66.7 Å². The highest BCUT2D eigenvalue weighted by molar-refractivity contribution is 14.1. The standard InChI is InChI=1S/C14H12Cl2IN/c1-8-2-3-9(6-11(8)15)14(18)10-4-5-13(17)12(16)7-10/h2-7,14H,18H2,1H3. The van der Waals surface area contributed by atoms with Crippen molar-refractivity contribution in [2.45, 2.75) is 13.0 Å². The first-order chi connectivity index (χ1) is 8.49. The molecule has 0 fully saturated rings. The number of benzene rings is 2. The van der Waals surface area contributed by atoms with E-state index >= 15 is 0 Å². The number of rotatable bonds is 2. The van der Waals surface area contributed by atoms with Gasteiger partial charge >= 0.3 is 0 Å². The lowest BCUT2D eigenvalue weighted by molar-refractivity contribution is 0.870. The summed E-state index contributed by atoms with van der Waals surface area (Å²) in [5, 5.41) is 1.46. The van der Waals surface area contributed by atoms with Crippen LogP contribution in [0.3, 0.4) is 0 Å². The van der Waals surface area contributed by atoms with Gasteiger partial charge in [-0.05, 0) is 64.4 Å². The fourth-order valence-corrected chi connectivity index (χ4v) is 2.41. The minimum Gasteiger partial charge on any atom is -0.320 e. The average molecular weight is 392 g/mol. The number of hydrogen-bond donors (Lipinski definition) is 1. The van der Waals surface area contributed by atoms with E-state index in [0.717, 1.165) is 30.3 Å². The van der Waals surface area contributed by atoms with Crippen LogP contribution < -0.4 is 5.73 Å². The van der Waals surface area contributed by atoms with E-state index in [-0.39, 0.29) is 6.04 Å². The normalized spacial score (nSPS) is 12.5. The predicted molar refractivity (Wildman–Crippen MR) is 86.4 cm³/mol. The van der Waals surface area contributed by atoms with Crippen LogP contribution in [0.4, 0.5) is 0 Å². The number of halogens is 3. The molecule has 0 bridgehead atoms. The zero-order valence-electron chi connectivity index (χ0n) is 9.75. The maximum Gasteiger partial charge on any atom is 0.0552 e. The molecule has 0 spiro atoms. The highest BCUT2D eigenvalue weighted by Crippen LogP contribution is 2.27. The summed E-state index contributed by atoms with van der Waals surface area (Å²) in [5.41, 5.74) is 9.26. The predicted octanol–water partition coefficient (Wildman–Crippen LogP) is 4.95. The van der Waals surface area contributed by atoms with Crippen LogP contribution in [0.2, 0.25) is 10.0 Å². The van der Waals surface area contributed by atoms with E-state index < -0.39 is 0 Å². The highest BCUT2D eigenvalue weighted by atomic mass is 127. The van der Waals surface area contributed by atoms with Crippen LogP contribution in [-0.2, 0) is 0 Å². The van der Waals surface area contributed by atoms with Crippen molar-refractivity contribution >= 4 is 45.8 Å². The van der Waals surface area contributed by atoms with Crippen molar-refractivity contribution < 1.29 is 0 Å². The second kappa shape index (κ2) is 5.78. The van der Waals surface area contributed by atoms with Gasteiger partial charge in [-0.25, -0.2) is 0 Å². The summed E-state index contributed by atoms with van der Waals surface area (Å²) in [6.45, 7) is 1.97. The van der Waals surface area contributed by atoms with Crippen molar-refractivity contribution in [1.29, 1.82) is 0 Å². The smallest absolute Gasteiger partial charge is 0.0552 e. The Morgan fingerprint density at radius 1 is 1.00 bits per heavy atom. The SMILES string of the molecule is Cc1ccc(C(N)c2ccc(I)c(Cl)c2)cc1Cl. The van der Waals surface area contributed by atoms with Crippen molar-refractivity contribution in [2.75, 3.05) is 0 Å². The Hall–Kier alpha value is -0.290. The van der Waals surface area contributed by atoms with Crippen LogP contribution in [0.5, 0.6) is 0 Å². The van der Waals surface area contributed by atoms with Gasteiger partial charge in [-0.3, -0.25) is 0 Å². The molecule has 2 aromatic carbocycles. The second-order valence-electron chi connectivity index (χ2n) is 4.16. The van der Waals surface area contributed by atoms with Gasteiger partial charge in [0.25, 0.3) is 0 Å². The monoisotopic (exact) mass is 391 g/mol. The molecule has 0 amide bonds. The van der Waals surface area contributed by atoms with E-state index in [2.05, 4.69) is 22.6 Å². The molecule has 2 N–H and O–H groups in total. The molecule has 2 aromatic rings. The zero-order chi connectivity index (χ0) is 13.3. The van der Waals surface area contributed by atoms with Crippen LogP contribution in [0, 0.1) is 10.5 Å². The summed E-state index contributed by atoms with van der Waals surface area (Å²) >= 11 is 14.4. The van der Waals surface area contributed by atoms with E-state index in [1.807, 2.05) is 43.3 Å². The first kappa shape index (κ1) is 14.1. The molecule has 0 aliphatic carbocycles. The van der Waals surface area contributed by atoms with Gasteiger partial charge in [-0.1, -0.05) is 41.4 Å². The summed E-state index contributed by atoms with van der Waals surface area (Å²) < 4.78 is 1.02. The molecule has 1 atom stereocenters. The van der Waals surface area contributed by atoms with Crippen LogP contribution in [-0.4, -0.2) is 0 Å². The lowest BCUT2D eigenvalue weighted by Gasteiger charge is -2.14. The summed E-state index contributed by atoms with van der Waals surface area (Å²) in [6, 6.07) is 11.5. The van der Waals surface area contributed by atoms with Gasteiger partial charge in [0.15, 0.2) is 0 Å². The van der Waals surface area contributed by atoms with E-state index in [0.29, 0.717) is 0 Å². The summed E-state index contributed by atoms with van der Waals surface area (Å²) in [5.74, 6) is 0. The van der Waals surface area contributed by atoms with Crippen molar-refractivity contribution in [2.24, 2.45) is 5.73 Å². The van der Waals surface area contributed by atoms with Gasteiger partial charge in [-0.2, -0.15) is 0 Å². The molecule has 0 saturated heterocycles. The Balaban J connectivity index is 2.37. The molecule has 0 saturated carbocycles. The lowest BCUT2D eigenvalue weighted by atomic mass is 9.99. The van der Waals surface area contributed by atoms with E-state index in [4.69, 9.17) is 28.9 Å². The van der Waals surface area contributed by atoms with E-state index in [1.54, 1.807) is 0 Å². The minimum atomic E-state index is -0.211. The lowest BCUT2D eigenvalue weighted by Crippen LogP contribution is -2.12. The molecule has 94 valence electrons. The van der Waals surface area contributed by atoms with Crippen molar-refractivity contribution in [3.63, 3.8) is 0 Å².